The zero-order valence-electron chi connectivity index (χ0n) is 6.78. The van der Waals surface area contributed by atoms with Gasteiger partial charge < -0.3 is 0 Å². The lowest BCUT2D eigenvalue weighted by atomic mass is 9.47. The largest absolute Gasteiger partial charge is 0.133 e. The molecular formula is C7H17B. The van der Waals surface area contributed by atoms with E-state index in [0.29, 0.717) is 5.41 Å². The van der Waals surface area contributed by atoms with E-state index in [1.807, 2.05) is 0 Å². The molecule has 0 fully saturated rings. The van der Waals surface area contributed by atoms with Gasteiger partial charge in [0.1, 0.15) is 6.71 Å². The Labute approximate surface area is 53.8 Å². The molecule has 0 nitrogen and oxygen atoms in total. The molecular weight excluding hydrogens is 94.9 g/mol. The molecule has 0 aliphatic rings. The van der Waals surface area contributed by atoms with E-state index in [0.717, 1.165) is 6.71 Å². The average Bonchev–Trinajstić information content (AvgIpc) is 1.21. The number of rotatable bonds is 1. The summed E-state index contributed by atoms with van der Waals surface area (Å²) in [6.45, 7) is 12.2. The van der Waals surface area contributed by atoms with Crippen LogP contribution in [0, 0.1) is 5.41 Å². The van der Waals surface area contributed by atoms with Crippen LogP contribution in [0.3, 0.4) is 0 Å². The van der Waals surface area contributed by atoms with E-state index in [1.165, 1.54) is 6.32 Å². The highest BCUT2D eigenvalue weighted by atomic mass is 14.1. The van der Waals surface area contributed by atoms with Crippen LogP contribution in [0.5, 0.6) is 0 Å². The lowest BCUT2D eigenvalue weighted by Crippen LogP contribution is -2.13. The molecule has 1 heteroatoms. The van der Waals surface area contributed by atoms with Crippen LogP contribution in [0.2, 0.25) is 20.0 Å². The van der Waals surface area contributed by atoms with E-state index in [9.17, 15) is 0 Å². The lowest BCUT2D eigenvalue weighted by molar-refractivity contribution is 0.465. The maximum atomic E-state index is 2.28. The first-order valence-corrected chi connectivity index (χ1v) is 3.42. The van der Waals surface area contributed by atoms with Crippen molar-refractivity contribution in [1.82, 2.24) is 0 Å². The molecule has 0 aliphatic carbocycles. The topological polar surface area (TPSA) is 0 Å². The molecule has 0 N–H and O–H groups in total. The van der Waals surface area contributed by atoms with Gasteiger partial charge in [0.15, 0.2) is 0 Å². The Kier molecular flexibility index (Phi) is 2.59. The van der Waals surface area contributed by atoms with Gasteiger partial charge >= 0.3 is 0 Å². The molecule has 0 aromatic carbocycles. The lowest BCUT2D eigenvalue weighted by Gasteiger charge is -2.18. The van der Waals surface area contributed by atoms with E-state index in [1.54, 1.807) is 0 Å². The second-order valence-electron chi connectivity index (χ2n) is 4.16. The van der Waals surface area contributed by atoms with Gasteiger partial charge in [0.25, 0.3) is 0 Å². The minimum atomic E-state index is 0.522. The van der Waals surface area contributed by atoms with Gasteiger partial charge in [-0.05, 0) is 5.41 Å². The van der Waals surface area contributed by atoms with Crippen LogP contribution in [0.15, 0.2) is 0 Å². The predicted molar refractivity (Wildman–Crippen MR) is 41.7 cm³/mol. The van der Waals surface area contributed by atoms with Crippen molar-refractivity contribution in [3.8, 4) is 0 Å². The summed E-state index contributed by atoms with van der Waals surface area (Å²) in [5, 5.41) is 0. The molecule has 0 aromatic heterocycles. The quantitative estimate of drug-likeness (QED) is 0.457. The van der Waals surface area contributed by atoms with Crippen LogP contribution in [-0.4, -0.2) is 6.71 Å². The maximum absolute atomic E-state index is 2.28. The molecule has 0 amide bonds. The molecule has 0 saturated carbocycles. The minimum absolute atomic E-state index is 0.522. The molecule has 0 aromatic rings. The van der Waals surface area contributed by atoms with Gasteiger partial charge in [-0.3, -0.25) is 0 Å². The molecule has 0 radical (unpaired) electrons. The van der Waals surface area contributed by atoms with Crippen molar-refractivity contribution < 1.29 is 0 Å². The zero-order chi connectivity index (χ0) is 6.78. The highest BCUT2D eigenvalue weighted by Gasteiger charge is 2.12. The van der Waals surface area contributed by atoms with Crippen molar-refractivity contribution in [1.29, 1.82) is 0 Å². The third-order valence-electron chi connectivity index (χ3n) is 1.02. The van der Waals surface area contributed by atoms with E-state index in [-0.39, 0.29) is 0 Å². The normalized spacial score (nSPS) is 11.6. The fraction of sp³-hybridized carbons (Fsp3) is 1.00. The standard InChI is InChI=1S/C7H17B/c1-7(2,3)6-8(4)5/h6H2,1-5H3. The monoisotopic (exact) mass is 112 g/mol. The van der Waals surface area contributed by atoms with Gasteiger partial charge in [-0.2, -0.15) is 0 Å². The second kappa shape index (κ2) is 2.57. The maximum Gasteiger partial charge on any atom is 0.133 e. The van der Waals surface area contributed by atoms with Crippen LogP contribution in [0.4, 0.5) is 0 Å². The SMILES string of the molecule is CB(C)CC(C)(C)C. The molecule has 0 unspecified atom stereocenters. The third kappa shape index (κ3) is 6.06. The third-order valence-corrected chi connectivity index (χ3v) is 1.02. The first-order valence-electron chi connectivity index (χ1n) is 3.42. The predicted octanol–water partition coefficient (Wildman–Crippen LogP) is 2.79. The minimum Gasteiger partial charge on any atom is -0.0863 e. The summed E-state index contributed by atoms with van der Waals surface area (Å²) in [4.78, 5) is 0. The fourth-order valence-corrected chi connectivity index (χ4v) is 1.22. The smallest absolute Gasteiger partial charge is 0.0863 e. The van der Waals surface area contributed by atoms with Gasteiger partial charge in [0.05, 0.1) is 0 Å². The molecule has 0 bridgehead atoms. The summed E-state index contributed by atoms with van der Waals surface area (Å²) in [5.41, 5.74) is 0.522. The van der Waals surface area contributed by atoms with E-state index in [4.69, 9.17) is 0 Å². The Hall–Kier alpha value is 0.0649. The van der Waals surface area contributed by atoms with Crippen molar-refractivity contribution in [3.05, 3.63) is 0 Å². The van der Waals surface area contributed by atoms with E-state index >= 15 is 0 Å². The Balaban J connectivity index is 3.39. The molecule has 0 saturated heterocycles. The molecule has 0 rings (SSSR count). The Bertz CT molecular complexity index is 59.3. The van der Waals surface area contributed by atoms with Crippen molar-refractivity contribution in [2.75, 3.05) is 0 Å². The van der Waals surface area contributed by atoms with Crippen LogP contribution < -0.4 is 0 Å². The summed E-state index contributed by atoms with van der Waals surface area (Å²) in [6.07, 6.45) is 1.33. The zero-order valence-corrected chi connectivity index (χ0v) is 6.78. The first-order chi connectivity index (χ1) is 3.42. The van der Waals surface area contributed by atoms with Gasteiger partial charge in [0.2, 0.25) is 0 Å². The van der Waals surface area contributed by atoms with Crippen molar-refractivity contribution >= 4 is 6.71 Å². The average molecular weight is 112 g/mol. The van der Waals surface area contributed by atoms with Crippen molar-refractivity contribution in [3.63, 3.8) is 0 Å². The van der Waals surface area contributed by atoms with E-state index in [2.05, 4.69) is 34.4 Å². The highest BCUT2D eigenvalue weighted by Crippen LogP contribution is 2.20. The molecule has 8 heavy (non-hydrogen) atoms. The van der Waals surface area contributed by atoms with Gasteiger partial charge in [-0.15, -0.1) is 0 Å². The Morgan fingerprint density at radius 3 is 1.50 bits per heavy atom. The van der Waals surface area contributed by atoms with Crippen molar-refractivity contribution in [2.24, 2.45) is 5.41 Å². The fourth-order valence-electron chi connectivity index (χ4n) is 1.22. The highest BCUT2D eigenvalue weighted by molar-refractivity contribution is 6.55. The van der Waals surface area contributed by atoms with Crippen LogP contribution in [0.1, 0.15) is 20.8 Å². The molecule has 0 atom stereocenters. The number of hydrogen-bond acceptors (Lipinski definition) is 0. The molecule has 0 aliphatic heterocycles. The first kappa shape index (κ1) is 8.06. The molecule has 0 spiro atoms. The van der Waals surface area contributed by atoms with Gasteiger partial charge in [-0.25, -0.2) is 0 Å². The summed E-state index contributed by atoms with van der Waals surface area (Å²) in [6, 6.07) is 0. The molecule has 48 valence electrons. The van der Waals surface area contributed by atoms with Crippen LogP contribution in [0.25, 0.3) is 0 Å². The van der Waals surface area contributed by atoms with Gasteiger partial charge in [-0.1, -0.05) is 40.7 Å². The summed E-state index contributed by atoms with van der Waals surface area (Å²) in [5.74, 6) is 0. The van der Waals surface area contributed by atoms with Gasteiger partial charge in [0, 0.05) is 0 Å². The summed E-state index contributed by atoms with van der Waals surface area (Å²) < 4.78 is 0. The van der Waals surface area contributed by atoms with Crippen LogP contribution in [-0.2, 0) is 0 Å². The van der Waals surface area contributed by atoms with Crippen LogP contribution >= 0.6 is 0 Å². The Morgan fingerprint density at radius 1 is 1.12 bits per heavy atom. The summed E-state index contributed by atoms with van der Waals surface area (Å²) >= 11 is 0. The second-order valence-corrected chi connectivity index (χ2v) is 4.16. The number of hydrogen-bond donors (Lipinski definition) is 0. The van der Waals surface area contributed by atoms with Crippen molar-refractivity contribution in [2.45, 2.75) is 40.7 Å². The molecule has 0 heterocycles. The Morgan fingerprint density at radius 2 is 1.50 bits per heavy atom. The van der Waals surface area contributed by atoms with E-state index < -0.39 is 0 Å². The summed E-state index contributed by atoms with van der Waals surface area (Å²) in [7, 11) is 0.